The first-order chi connectivity index (χ1) is 5.40. The molecule has 0 aromatic heterocycles. The zero-order chi connectivity index (χ0) is 9.78. The van der Waals surface area contributed by atoms with Crippen LogP contribution in [0.25, 0.3) is 0 Å². The topological polar surface area (TPSA) is 46.2 Å². The third kappa shape index (κ3) is 4.72. The van der Waals surface area contributed by atoms with Crippen LogP contribution in [0, 0.1) is 5.92 Å². The number of hydrogen-bond donors (Lipinski definition) is 1. The zero-order valence-electron chi connectivity index (χ0n) is 8.29. The van der Waals surface area contributed by atoms with Crippen LogP contribution in [0.15, 0.2) is 0 Å². The van der Waals surface area contributed by atoms with Gasteiger partial charge in [0.2, 0.25) is 0 Å². The minimum absolute atomic E-state index is 0.0880. The van der Waals surface area contributed by atoms with E-state index in [-0.39, 0.29) is 11.8 Å². The molecule has 0 aromatic rings. The van der Waals surface area contributed by atoms with Crippen molar-refractivity contribution in [3.63, 3.8) is 0 Å². The summed E-state index contributed by atoms with van der Waals surface area (Å²) in [7, 11) is -1.05. The maximum Gasteiger partial charge on any atom is 0.148 e. The summed E-state index contributed by atoms with van der Waals surface area (Å²) in [6.45, 7) is 4.13. The molecule has 0 heterocycles. The summed E-state index contributed by atoms with van der Waals surface area (Å²) < 4.78 is 22.0. The van der Waals surface area contributed by atoms with E-state index < -0.39 is 9.84 Å². The van der Waals surface area contributed by atoms with Crippen LogP contribution in [-0.4, -0.2) is 33.5 Å². The van der Waals surface area contributed by atoms with Crippen molar-refractivity contribution >= 4 is 9.84 Å². The Kier molecular flexibility index (Phi) is 4.78. The minimum atomic E-state index is -2.85. The molecule has 2 atom stereocenters. The Morgan fingerprint density at radius 3 is 2.17 bits per heavy atom. The molecule has 0 aromatic carbocycles. The molecule has 0 spiro atoms. The van der Waals surface area contributed by atoms with Crippen molar-refractivity contribution in [2.45, 2.75) is 26.3 Å². The highest BCUT2D eigenvalue weighted by molar-refractivity contribution is 7.90. The molecule has 0 saturated heterocycles. The van der Waals surface area contributed by atoms with Gasteiger partial charge < -0.3 is 5.32 Å². The van der Waals surface area contributed by atoms with Gasteiger partial charge in [-0.25, -0.2) is 8.42 Å². The number of sulfone groups is 1. The summed E-state index contributed by atoms with van der Waals surface area (Å²) in [6.07, 6.45) is 2.28. The normalized spacial score (nSPS) is 17.3. The molecule has 1 N–H and O–H groups in total. The van der Waals surface area contributed by atoms with Gasteiger partial charge in [-0.3, -0.25) is 0 Å². The number of nitrogens with one attached hydrogen (secondary N) is 1. The van der Waals surface area contributed by atoms with E-state index in [0.717, 1.165) is 6.42 Å². The summed E-state index contributed by atoms with van der Waals surface area (Å²) in [5.41, 5.74) is 0. The Hall–Kier alpha value is -0.0900. The van der Waals surface area contributed by atoms with Crippen LogP contribution in [0.4, 0.5) is 0 Å². The maximum absolute atomic E-state index is 11.0. The van der Waals surface area contributed by atoms with Gasteiger partial charge in [-0.2, -0.15) is 0 Å². The van der Waals surface area contributed by atoms with Crippen LogP contribution >= 0.6 is 0 Å². The van der Waals surface area contributed by atoms with Crippen LogP contribution < -0.4 is 5.32 Å². The highest BCUT2D eigenvalue weighted by atomic mass is 32.2. The standard InChI is InChI=1S/C8H19NO2S/c1-5-7(2)8(9-3)6-12(4,10)11/h7-9H,5-6H2,1-4H3. The predicted molar refractivity (Wildman–Crippen MR) is 52.0 cm³/mol. The lowest BCUT2D eigenvalue weighted by atomic mass is 10.0. The summed E-state index contributed by atoms with van der Waals surface area (Å²) >= 11 is 0. The molecule has 0 radical (unpaired) electrons. The average molecular weight is 193 g/mol. The Morgan fingerprint density at radius 2 is 1.92 bits per heavy atom. The van der Waals surface area contributed by atoms with Crippen molar-refractivity contribution in [3.8, 4) is 0 Å². The summed E-state index contributed by atoms with van der Waals surface area (Å²) in [4.78, 5) is 0. The minimum Gasteiger partial charge on any atom is -0.316 e. The highest BCUT2D eigenvalue weighted by Gasteiger charge is 2.18. The van der Waals surface area contributed by atoms with E-state index in [1.54, 1.807) is 0 Å². The van der Waals surface area contributed by atoms with Crippen molar-refractivity contribution in [3.05, 3.63) is 0 Å². The maximum atomic E-state index is 11.0. The fraction of sp³-hybridized carbons (Fsp3) is 1.00. The summed E-state index contributed by atoms with van der Waals surface area (Å²) in [5.74, 6) is 0.642. The average Bonchev–Trinajstić information content (AvgIpc) is 1.97. The quantitative estimate of drug-likeness (QED) is 0.698. The molecule has 3 nitrogen and oxygen atoms in total. The predicted octanol–water partition coefficient (Wildman–Crippen LogP) is 0.665. The van der Waals surface area contributed by atoms with Gasteiger partial charge in [0.1, 0.15) is 9.84 Å². The van der Waals surface area contributed by atoms with E-state index >= 15 is 0 Å². The SMILES string of the molecule is CCC(C)C(CS(C)(=O)=O)NC. The largest absolute Gasteiger partial charge is 0.316 e. The first-order valence-corrected chi connectivity index (χ1v) is 6.31. The second kappa shape index (κ2) is 4.82. The Bertz CT molecular complexity index is 211. The van der Waals surface area contributed by atoms with E-state index in [1.165, 1.54) is 6.26 Å². The van der Waals surface area contributed by atoms with Gasteiger partial charge in [-0.15, -0.1) is 0 Å². The molecule has 0 rings (SSSR count). The molecule has 12 heavy (non-hydrogen) atoms. The third-order valence-corrected chi connectivity index (χ3v) is 3.15. The van der Waals surface area contributed by atoms with Gasteiger partial charge in [0.15, 0.2) is 0 Å². The van der Waals surface area contributed by atoms with Crippen LogP contribution in [0.1, 0.15) is 20.3 Å². The Morgan fingerprint density at radius 1 is 1.42 bits per heavy atom. The van der Waals surface area contributed by atoms with Crippen LogP contribution in [0.2, 0.25) is 0 Å². The van der Waals surface area contributed by atoms with Gasteiger partial charge in [0, 0.05) is 12.3 Å². The molecule has 0 fully saturated rings. The lowest BCUT2D eigenvalue weighted by Crippen LogP contribution is -2.38. The molecular formula is C8H19NO2S. The molecule has 0 aliphatic carbocycles. The van der Waals surface area contributed by atoms with Crippen LogP contribution in [0.5, 0.6) is 0 Å². The molecular weight excluding hydrogens is 174 g/mol. The smallest absolute Gasteiger partial charge is 0.148 e. The van der Waals surface area contributed by atoms with E-state index in [2.05, 4.69) is 19.2 Å². The number of hydrogen-bond acceptors (Lipinski definition) is 3. The van der Waals surface area contributed by atoms with Crippen molar-refractivity contribution in [2.75, 3.05) is 19.1 Å². The molecule has 4 heteroatoms. The first-order valence-electron chi connectivity index (χ1n) is 4.25. The van der Waals surface area contributed by atoms with Crippen LogP contribution in [0.3, 0.4) is 0 Å². The molecule has 0 saturated carbocycles. The first kappa shape index (κ1) is 11.9. The van der Waals surface area contributed by atoms with Crippen molar-refractivity contribution in [1.29, 1.82) is 0 Å². The van der Waals surface area contributed by atoms with E-state index in [4.69, 9.17) is 0 Å². The fourth-order valence-corrected chi connectivity index (χ4v) is 2.29. The Labute approximate surface area is 75.5 Å². The monoisotopic (exact) mass is 193 g/mol. The summed E-state index contributed by atoms with van der Waals surface area (Å²) in [6, 6.07) is 0.0880. The lowest BCUT2D eigenvalue weighted by molar-refractivity contribution is 0.414. The van der Waals surface area contributed by atoms with Gasteiger partial charge in [-0.05, 0) is 13.0 Å². The van der Waals surface area contributed by atoms with Crippen LogP contribution in [-0.2, 0) is 9.84 Å². The van der Waals surface area contributed by atoms with Gasteiger partial charge >= 0.3 is 0 Å². The van der Waals surface area contributed by atoms with E-state index in [1.807, 2.05) is 7.05 Å². The lowest BCUT2D eigenvalue weighted by Gasteiger charge is -2.21. The second-order valence-electron chi connectivity index (χ2n) is 3.37. The molecule has 74 valence electrons. The molecule has 2 unspecified atom stereocenters. The summed E-state index contributed by atoms with van der Waals surface area (Å²) in [5, 5.41) is 3.03. The molecule has 0 amide bonds. The fourth-order valence-electron chi connectivity index (χ4n) is 1.14. The molecule has 0 aliphatic heterocycles. The van der Waals surface area contributed by atoms with Gasteiger partial charge in [0.25, 0.3) is 0 Å². The van der Waals surface area contributed by atoms with E-state index in [9.17, 15) is 8.42 Å². The van der Waals surface area contributed by atoms with E-state index in [0.29, 0.717) is 5.92 Å². The van der Waals surface area contributed by atoms with Gasteiger partial charge in [0.05, 0.1) is 5.75 Å². The van der Waals surface area contributed by atoms with Crippen molar-refractivity contribution < 1.29 is 8.42 Å². The zero-order valence-corrected chi connectivity index (χ0v) is 9.11. The molecule has 0 aliphatic rings. The second-order valence-corrected chi connectivity index (χ2v) is 5.56. The van der Waals surface area contributed by atoms with Gasteiger partial charge in [-0.1, -0.05) is 20.3 Å². The van der Waals surface area contributed by atoms with Crippen molar-refractivity contribution in [1.82, 2.24) is 5.32 Å². The Balaban J connectivity index is 4.18. The highest BCUT2D eigenvalue weighted by Crippen LogP contribution is 2.08. The third-order valence-electron chi connectivity index (χ3n) is 2.18. The molecule has 0 bridgehead atoms. The van der Waals surface area contributed by atoms with Crippen molar-refractivity contribution in [2.24, 2.45) is 5.92 Å². The number of rotatable bonds is 5.